The van der Waals surface area contributed by atoms with E-state index in [9.17, 15) is 19.8 Å². The number of methoxy groups -OCH3 is 1. The van der Waals surface area contributed by atoms with Gasteiger partial charge in [-0.3, -0.25) is 15.3 Å². The van der Waals surface area contributed by atoms with Gasteiger partial charge < -0.3 is 24.4 Å². The highest BCUT2D eigenvalue weighted by molar-refractivity contribution is 5.74. The molecule has 4 N–H and O–H groups in total. The Hall–Kier alpha value is -2.05. The van der Waals surface area contributed by atoms with Crippen LogP contribution in [0.1, 0.15) is 13.2 Å². The molecule has 1 saturated heterocycles. The minimum absolute atomic E-state index is 0.0803. The average molecular weight is 345 g/mol. The SMILES string of the molecule is CO[C@@H](C)C(=O)OC[C@H]1O[C@@H](n2ccc(NO)nc2=O)[C@H](O)[C@@H]1O. The molecule has 0 spiro atoms. The molecule has 0 bridgehead atoms. The topological polar surface area (TPSA) is 152 Å². The summed E-state index contributed by atoms with van der Waals surface area (Å²) < 4.78 is 16.1. The summed E-state index contributed by atoms with van der Waals surface area (Å²) in [5.41, 5.74) is 0.907. The maximum atomic E-state index is 11.9. The molecule has 0 aromatic carbocycles. The number of nitrogens with one attached hydrogen (secondary N) is 1. The number of aliphatic hydroxyl groups is 2. The van der Waals surface area contributed by atoms with Crippen LogP contribution in [-0.2, 0) is 19.0 Å². The van der Waals surface area contributed by atoms with Gasteiger partial charge in [0, 0.05) is 13.3 Å². The summed E-state index contributed by atoms with van der Waals surface area (Å²) in [5, 5.41) is 28.8. The highest BCUT2D eigenvalue weighted by Crippen LogP contribution is 2.28. The van der Waals surface area contributed by atoms with Gasteiger partial charge in [-0.1, -0.05) is 0 Å². The van der Waals surface area contributed by atoms with Crippen molar-refractivity contribution in [2.75, 3.05) is 19.2 Å². The molecule has 0 unspecified atom stereocenters. The molecule has 11 heteroatoms. The van der Waals surface area contributed by atoms with E-state index in [1.807, 2.05) is 0 Å². The Bertz CT molecular complexity index is 636. The van der Waals surface area contributed by atoms with Crippen molar-refractivity contribution in [2.45, 2.75) is 37.6 Å². The molecule has 0 aliphatic carbocycles. The van der Waals surface area contributed by atoms with E-state index in [-0.39, 0.29) is 12.4 Å². The monoisotopic (exact) mass is 345 g/mol. The number of hydrogen-bond acceptors (Lipinski definition) is 10. The first-order valence-electron chi connectivity index (χ1n) is 7.09. The van der Waals surface area contributed by atoms with E-state index in [4.69, 9.17) is 19.4 Å². The Labute approximate surface area is 136 Å². The van der Waals surface area contributed by atoms with E-state index in [0.717, 1.165) is 4.57 Å². The number of rotatable bonds is 6. The van der Waals surface area contributed by atoms with Gasteiger partial charge in [0.2, 0.25) is 0 Å². The Morgan fingerprint density at radius 2 is 2.21 bits per heavy atom. The molecule has 0 radical (unpaired) electrons. The van der Waals surface area contributed by atoms with Crippen LogP contribution in [0.25, 0.3) is 0 Å². The smallest absolute Gasteiger partial charge is 0.351 e. The second kappa shape index (κ2) is 7.68. The first-order chi connectivity index (χ1) is 11.4. The van der Waals surface area contributed by atoms with Gasteiger partial charge in [-0.15, -0.1) is 0 Å². The van der Waals surface area contributed by atoms with Crippen molar-refractivity contribution in [3.05, 3.63) is 22.7 Å². The number of carbonyl (C=O) groups excluding carboxylic acids is 1. The number of nitrogens with zero attached hydrogens (tertiary/aromatic N) is 2. The molecule has 2 rings (SSSR count). The Morgan fingerprint density at radius 3 is 2.79 bits per heavy atom. The van der Waals surface area contributed by atoms with Crippen molar-refractivity contribution >= 4 is 11.8 Å². The lowest BCUT2D eigenvalue weighted by molar-refractivity contribution is -0.160. The van der Waals surface area contributed by atoms with Crippen LogP contribution in [-0.4, -0.2) is 69.1 Å². The maximum absolute atomic E-state index is 11.9. The molecule has 1 aliphatic rings. The zero-order valence-corrected chi connectivity index (χ0v) is 13.0. The first-order valence-corrected chi connectivity index (χ1v) is 7.09. The number of hydrogen-bond donors (Lipinski definition) is 4. The highest BCUT2D eigenvalue weighted by atomic mass is 16.6. The quantitative estimate of drug-likeness (QED) is 0.344. The van der Waals surface area contributed by atoms with E-state index in [1.54, 1.807) is 5.48 Å². The number of carbonyl (C=O) groups is 1. The van der Waals surface area contributed by atoms with Gasteiger partial charge in [-0.25, -0.2) is 9.59 Å². The lowest BCUT2D eigenvalue weighted by Gasteiger charge is -2.17. The molecular weight excluding hydrogens is 326 g/mol. The number of ether oxygens (including phenoxy) is 3. The van der Waals surface area contributed by atoms with Crippen LogP contribution >= 0.6 is 0 Å². The van der Waals surface area contributed by atoms with Crippen LogP contribution in [0.5, 0.6) is 0 Å². The van der Waals surface area contributed by atoms with Gasteiger partial charge in [-0.05, 0) is 13.0 Å². The highest BCUT2D eigenvalue weighted by Gasteiger charge is 2.44. The van der Waals surface area contributed by atoms with E-state index in [0.29, 0.717) is 0 Å². The van der Waals surface area contributed by atoms with Crippen molar-refractivity contribution in [1.82, 2.24) is 9.55 Å². The summed E-state index contributed by atoms with van der Waals surface area (Å²) in [6.07, 6.45) is -4.59. The minimum Gasteiger partial charge on any atom is -0.461 e. The Morgan fingerprint density at radius 1 is 1.50 bits per heavy atom. The van der Waals surface area contributed by atoms with Gasteiger partial charge in [-0.2, -0.15) is 4.98 Å². The number of anilines is 1. The molecule has 2 heterocycles. The molecule has 1 aromatic rings. The first kappa shape index (κ1) is 18.3. The summed E-state index contributed by atoms with van der Waals surface area (Å²) in [5.74, 6) is -0.730. The van der Waals surface area contributed by atoms with Gasteiger partial charge in [0.1, 0.15) is 24.9 Å². The van der Waals surface area contributed by atoms with Gasteiger partial charge in [0.15, 0.2) is 18.1 Å². The molecular formula is C13H19N3O8. The molecule has 5 atom stereocenters. The van der Waals surface area contributed by atoms with Crippen LogP contribution in [0, 0.1) is 0 Å². The normalized spacial score (nSPS) is 27.7. The largest absolute Gasteiger partial charge is 0.461 e. The fourth-order valence-corrected chi connectivity index (χ4v) is 2.14. The predicted octanol–water partition coefficient (Wildman–Crippen LogP) is -1.76. The van der Waals surface area contributed by atoms with E-state index < -0.39 is 42.3 Å². The molecule has 11 nitrogen and oxygen atoms in total. The molecule has 1 fully saturated rings. The van der Waals surface area contributed by atoms with Crippen LogP contribution in [0.2, 0.25) is 0 Å². The molecule has 1 aromatic heterocycles. The van der Waals surface area contributed by atoms with Gasteiger partial charge in [0.25, 0.3) is 0 Å². The zero-order chi connectivity index (χ0) is 17.9. The van der Waals surface area contributed by atoms with E-state index >= 15 is 0 Å². The molecule has 0 saturated carbocycles. The van der Waals surface area contributed by atoms with Gasteiger partial charge >= 0.3 is 11.7 Å². The summed E-state index contributed by atoms with van der Waals surface area (Å²) in [6.45, 7) is 1.17. The van der Waals surface area contributed by atoms with Crippen LogP contribution in [0.3, 0.4) is 0 Å². The average Bonchev–Trinajstić information content (AvgIpc) is 2.86. The van der Waals surface area contributed by atoms with Crippen molar-refractivity contribution in [3.8, 4) is 0 Å². The summed E-state index contributed by atoms with van der Waals surface area (Å²) in [4.78, 5) is 26.9. The second-order valence-corrected chi connectivity index (χ2v) is 5.17. The number of aromatic nitrogens is 2. The lowest BCUT2D eigenvalue weighted by Crippen LogP contribution is -2.37. The summed E-state index contributed by atoms with van der Waals surface area (Å²) in [7, 11) is 1.34. The lowest BCUT2D eigenvalue weighted by atomic mass is 10.1. The van der Waals surface area contributed by atoms with Crippen LogP contribution in [0.15, 0.2) is 17.1 Å². The second-order valence-electron chi connectivity index (χ2n) is 5.17. The van der Waals surface area contributed by atoms with Crippen LogP contribution < -0.4 is 11.2 Å². The maximum Gasteiger partial charge on any atom is 0.351 e. The Balaban J connectivity index is 2.07. The summed E-state index contributed by atoms with van der Waals surface area (Å²) in [6, 6.07) is 1.28. The summed E-state index contributed by atoms with van der Waals surface area (Å²) >= 11 is 0. The fourth-order valence-electron chi connectivity index (χ4n) is 2.14. The molecule has 0 amide bonds. The fraction of sp³-hybridized carbons (Fsp3) is 0.615. The van der Waals surface area contributed by atoms with Crippen molar-refractivity contribution < 1.29 is 34.4 Å². The van der Waals surface area contributed by atoms with E-state index in [2.05, 4.69) is 4.98 Å². The third-order valence-corrected chi connectivity index (χ3v) is 3.63. The third-order valence-electron chi connectivity index (χ3n) is 3.63. The van der Waals surface area contributed by atoms with E-state index in [1.165, 1.54) is 26.3 Å². The van der Waals surface area contributed by atoms with Gasteiger partial charge in [0.05, 0.1) is 0 Å². The number of aliphatic hydroxyl groups excluding tert-OH is 2. The standard InChI is InChI=1S/C13H19N3O8/c1-6(22-2)12(19)23-5-7-9(17)10(18)11(24-7)16-4-3-8(15-21)14-13(16)20/h3-4,6-7,9-11,17-18,21H,5H2,1-2H3,(H,14,15,20)/t6-,7+,9+,10+,11+/m0/s1. The van der Waals surface area contributed by atoms with Crippen LogP contribution in [0.4, 0.5) is 5.82 Å². The van der Waals surface area contributed by atoms with Crippen molar-refractivity contribution in [2.24, 2.45) is 0 Å². The zero-order valence-electron chi connectivity index (χ0n) is 13.0. The molecule has 134 valence electrons. The predicted molar refractivity (Wildman–Crippen MR) is 77.3 cm³/mol. The van der Waals surface area contributed by atoms with Crippen molar-refractivity contribution in [1.29, 1.82) is 0 Å². The Kier molecular flexibility index (Phi) is 5.85. The van der Waals surface area contributed by atoms with Crippen molar-refractivity contribution in [3.63, 3.8) is 0 Å². The molecule has 24 heavy (non-hydrogen) atoms. The number of esters is 1. The molecule has 1 aliphatic heterocycles. The third kappa shape index (κ3) is 3.71. The minimum atomic E-state index is -1.43.